The van der Waals surface area contributed by atoms with Crippen molar-refractivity contribution in [3.05, 3.63) is 62.4 Å². The maximum atomic E-state index is 12.5. The van der Waals surface area contributed by atoms with E-state index < -0.39 is 11.9 Å². The number of carbonyl (C=O) groups excluding carboxylic acids is 1. The second kappa shape index (κ2) is 8.31. The summed E-state index contributed by atoms with van der Waals surface area (Å²) >= 11 is 12.1. The summed E-state index contributed by atoms with van der Waals surface area (Å²) in [7, 11) is 0. The van der Waals surface area contributed by atoms with E-state index in [4.69, 9.17) is 23.2 Å². The second-order valence-electron chi connectivity index (χ2n) is 6.84. The summed E-state index contributed by atoms with van der Waals surface area (Å²) in [6.07, 6.45) is 3.58. The van der Waals surface area contributed by atoms with Gasteiger partial charge in [-0.05, 0) is 55.5 Å². The predicted molar refractivity (Wildman–Crippen MR) is 109 cm³/mol. The zero-order chi connectivity index (χ0) is 21.3. The Hall–Kier alpha value is -2.77. The number of halogens is 2. The van der Waals surface area contributed by atoms with E-state index in [1.165, 1.54) is 12.1 Å². The molecule has 152 valence electrons. The molecular weight excluding hydrogens is 419 g/mol. The molecule has 1 aliphatic rings. The third-order valence-corrected chi connectivity index (χ3v) is 5.77. The summed E-state index contributed by atoms with van der Waals surface area (Å²) in [6, 6.07) is 3.92. The van der Waals surface area contributed by atoms with Crippen molar-refractivity contribution < 1.29 is 24.6 Å². The Morgan fingerprint density at radius 3 is 2.14 bits per heavy atom. The highest BCUT2D eigenvalue weighted by Crippen LogP contribution is 2.31. The van der Waals surface area contributed by atoms with Crippen LogP contribution in [0, 0.1) is 6.92 Å². The molecule has 1 heterocycles. The summed E-state index contributed by atoms with van der Waals surface area (Å²) in [4.78, 5) is 37.9. The molecule has 2 aromatic rings. The summed E-state index contributed by atoms with van der Waals surface area (Å²) in [5.74, 6) is -2.73. The fourth-order valence-electron chi connectivity index (χ4n) is 3.27. The van der Waals surface area contributed by atoms with Crippen LogP contribution < -0.4 is 5.32 Å². The van der Waals surface area contributed by atoms with Crippen molar-refractivity contribution in [2.75, 3.05) is 0 Å². The number of rotatable bonds is 5. The Kier molecular flexibility index (Phi) is 6.00. The molecule has 3 rings (SSSR count). The summed E-state index contributed by atoms with van der Waals surface area (Å²) in [5.41, 5.74) is 2.07. The van der Waals surface area contributed by atoms with Gasteiger partial charge in [-0.1, -0.05) is 29.3 Å². The molecule has 7 nitrogen and oxygen atoms in total. The number of carboxylic acids is 2. The first-order valence-corrected chi connectivity index (χ1v) is 9.58. The number of aromatic carboxylic acids is 2. The first kappa shape index (κ1) is 21.0. The van der Waals surface area contributed by atoms with Gasteiger partial charge >= 0.3 is 11.9 Å². The number of carbonyl (C=O) groups is 3. The summed E-state index contributed by atoms with van der Waals surface area (Å²) in [5, 5.41) is 21.8. The van der Waals surface area contributed by atoms with Crippen LogP contribution in [0.15, 0.2) is 24.3 Å². The van der Waals surface area contributed by atoms with E-state index in [1.807, 2.05) is 6.08 Å². The van der Waals surface area contributed by atoms with Crippen LogP contribution in [-0.2, 0) is 0 Å². The van der Waals surface area contributed by atoms with Crippen molar-refractivity contribution in [1.82, 2.24) is 10.3 Å². The minimum atomic E-state index is -1.19. The molecule has 0 fully saturated rings. The molecule has 0 saturated carbocycles. The second-order valence-corrected chi connectivity index (χ2v) is 7.59. The lowest BCUT2D eigenvalue weighted by molar-refractivity contribution is 0.0696. The smallest absolute Gasteiger partial charge is 0.335 e. The lowest BCUT2D eigenvalue weighted by atomic mass is 9.89. The fourth-order valence-corrected chi connectivity index (χ4v) is 3.69. The van der Waals surface area contributed by atoms with Gasteiger partial charge in [-0.25, -0.2) is 9.59 Å². The number of aryl methyl sites for hydroxylation is 1. The Bertz CT molecular complexity index is 1010. The van der Waals surface area contributed by atoms with E-state index >= 15 is 0 Å². The third-order valence-electron chi connectivity index (χ3n) is 4.82. The van der Waals surface area contributed by atoms with Crippen LogP contribution >= 0.6 is 23.2 Å². The number of nitrogens with one attached hydrogen (secondary N) is 2. The van der Waals surface area contributed by atoms with Crippen LogP contribution in [0.4, 0.5) is 0 Å². The largest absolute Gasteiger partial charge is 0.478 e. The normalized spacial score (nSPS) is 16.2. The van der Waals surface area contributed by atoms with Crippen molar-refractivity contribution in [3.8, 4) is 0 Å². The molecule has 9 heteroatoms. The van der Waals surface area contributed by atoms with Gasteiger partial charge in [0, 0.05) is 11.7 Å². The molecule has 0 radical (unpaired) electrons. The lowest BCUT2D eigenvalue weighted by Gasteiger charge is -2.23. The summed E-state index contributed by atoms with van der Waals surface area (Å²) in [6.45, 7) is 1.72. The number of hydrogen-bond donors (Lipinski definition) is 4. The molecule has 0 bridgehead atoms. The number of allylic oxidation sites excluding steroid dienone is 1. The van der Waals surface area contributed by atoms with Crippen molar-refractivity contribution in [3.63, 3.8) is 0 Å². The Morgan fingerprint density at radius 2 is 1.69 bits per heavy atom. The van der Waals surface area contributed by atoms with Crippen LogP contribution in [0.1, 0.15) is 61.7 Å². The number of H-pyrrole nitrogens is 1. The number of aromatic nitrogens is 1. The van der Waals surface area contributed by atoms with Crippen LogP contribution in [0.25, 0.3) is 5.57 Å². The van der Waals surface area contributed by atoms with Crippen LogP contribution in [-0.4, -0.2) is 39.1 Å². The Labute approximate surface area is 176 Å². The zero-order valence-corrected chi connectivity index (χ0v) is 16.9. The van der Waals surface area contributed by atoms with E-state index in [-0.39, 0.29) is 33.8 Å². The molecule has 1 amide bonds. The van der Waals surface area contributed by atoms with Gasteiger partial charge in [0.2, 0.25) is 0 Å². The Balaban J connectivity index is 1.75. The minimum Gasteiger partial charge on any atom is -0.478 e. The maximum Gasteiger partial charge on any atom is 0.335 e. The predicted octanol–water partition coefficient (Wildman–Crippen LogP) is 4.39. The lowest BCUT2D eigenvalue weighted by Crippen LogP contribution is -2.36. The van der Waals surface area contributed by atoms with Crippen LogP contribution in [0.2, 0.25) is 10.0 Å². The van der Waals surface area contributed by atoms with Gasteiger partial charge in [0.05, 0.1) is 21.2 Å². The average Bonchev–Trinajstić information content (AvgIpc) is 2.95. The minimum absolute atomic E-state index is 0.0788. The number of hydrogen-bond acceptors (Lipinski definition) is 3. The number of aromatic amines is 1. The van der Waals surface area contributed by atoms with Crippen molar-refractivity contribution >= 4 is 46.6 Å². The number of amides is 1. The Morgan fingerprint density at radius 1 is 1.07 bits per heavy atom. The molecule has 1 unspecified atom stereocenters. The van der Waals surface area contributed by atoms with Crippen molar-refractivity contribution in [2.24, 2.45) is 0 Å². The quantitative estimate of drug-likeness (QED) is 0.553. The van der Waals surface area contributed by atoms with Gasteiger partial charge in [-0.15, -0.1) is 0 Å². The molecule has 0 aliphatic heterocycles. The van der Waals surface area contributed by atoms with E-state index in [1.54, 1.807) is 6.92 Å². The highest BCUT2D eigenvalue weighted by Gasteiger charge is 2.23. The molecule has 0 saturated heterocycles. The van der Waals surface area contributed by atoms with Gasteiger partial charge < -0.3 is 20.5 Å². The number of benzene rings is 1. The molecule has 29 heavy (non-hydrogen) atoms. The van der Waals surface area contributed by atoms with Gasteiger partial charge in [0.25, 0.3) is 5.91 Å². The van der Waals surface area contributed by atoms with Crippen LogP contribution in [0.5, 0.6) is 0 Å². The monoisotopic (exact) mass is 436 g/mol. The first-order chi connectivity index (χ1) is 13.7. The molecule has 1 aromatic heterocycles. The SMILES string of the molecule is Cc1[nH]c(C(=O)NC2CC=C(c3cc(C(=O)O)cc(C(=O)O)c3)CC2)c(Cl)c1Cl. The van der Waals surface area contributed by atoms with Gasteiger partial charge in [-0.2, -0.15) is 0 Å². The molecule has 4 N–H and O–H groups in total. The van der Waals surface area contributed by atoms with E-state index in [2.05, 4.69) is 10.3 Å². The fraction of sp³-hybridized carbons (Fsp3) is 0.250. The van der Waals surface area contributed by atoms with Crippen molar-refractivity contribution in [2.45, 2.75) is 32.2 Å². The molecule has 0 spiro atoms. The standard InChI is InChI=1S/C20H18Cl2N2O5/c1-9-15(21)16(22)17(23-9)18(25)24-14-4-2-10(3-5-14)11-6-12(19(26)27)8-13(7-11)20(28)29/h2,6-8,14,23H,3-5H2,1H3,(H,24,25)(H,26,27)(H,28,29). The molecular formula is C20H18Cl2N2O5. The highest BCUT2D eigenvalue weighted by atomic mass is 35.5. The van der Waals surface area contributed by atoms with E-state index in [0.717, 1.165) is 11.6 Å². The van der Waals surface area contributed by atoms with Gasteiger partial charge in [0.1, 0.15) is 5.69 Å². The van der Waals surface area contributed by atoms with Gasteiger partial charge in [-0.3, -0.25) is 4.79 Å². The topological polar surface area (TPSA) is 119 Å². The zero-order valence-electron chi connectivity index (χ0n) is 15.4. The summed E-state index contributed by atoms with van der Waals surface area (Å²) < 4.78 is 0. The molecule has 1 aliphatic carbocycles. The van der Waals surface area contributed by atoms with Crippen LogP contribution in [0.3, 0.4) is 0 Å². The van der Waals surface area contributed by atoms with Gasteiger partial charge in [0.15, 0.2) is 0 Å². The average molecular weight is 437 g/mol. The first-order valence-electron chi connectivity index (χ1n) is 8.83. The van der Waals surface area contributed by atoms with Crippen molar-refractivity contribution in [1.29, 1.82) is 0 Å². The molecule has 1 aromatic carbocycles. The third kappa shape index (κ3) is 4.46. The number of carboxylic acid groups (broad SMARTS) is 2. The maximum absolute atomic E-state index is 12.5. The highest BCUT2D eigenvalue weighted by molar-refractivity contribution is 6.44. The van der Waals surface area contributed by atoms with E-state index in [9.17, 15) is 24.6 Å². The van der Waals surface area contributed by atoms with E-state index in [0.29, 0.717) is 35.5 Å². The molecule has 1 atom stereocenters.